The zero-order valence-electron chi connectivity index (χ0n) is 28.8. The summed E-state index contributed by atoms with van der Waals surface area (Å²) in [7, 11) is 0. The minimum atomic E-state index is -0.00237. The summed E-state index contributed by atoms with van der Waals surface area (Å²) in [6, 6.07) is 58.1. The van der Waals surface area contributed by atoms with Crippen molar-refractivity contribution >= 4 is 123 Å². The van der Waals surface area contributed by atoms with E-state index in [0.29, 0.717) is 0 Å². The van der Waals surface area contributed by atoms with Crippen LogP contribution in [0.1, 0.15) is 0 Å². The molecular weight excluding hydrogens is 663 g/mol. The second-order valence-corrected chi connectivity index (χ2v) is 14.4. The molecule has 0 spiro atoms. The van der Waals surface area contributed by atoms with Gasteiger partial charge in [-0.1, -0.05) is 103 Å². The first-order valence-electron chi connectivity index (χ1n) is 18.4. The molecule has 3 aromatic heterocycles. The zero-order chi connectivity index (χ0) is 35.1. The zero-order valence-corrected chi connectivity index (χ0v) is 28.8. The summed E-state index contributed by atoms with van der Waals surface area (Å²) in [5, 5.41) is 6.50. The molecule has 6 heteroatoms. The molecule has 54 heavy (non-hydrogen) atoms. The number of rotatable bonds is 2. The van der Waals surface area contributed by atoms with Gasteiger partial charge in [-0.05, 0) is 77.1 Å². The predicted octanol–water partition coefficient (Wildman–Crippen LogP) is 11.5. The van der Waals surface area contributed by atoms with E-state index in [1.807, 2.05) is 18.2 Å². The smallest absolute Gasteiger partial charge is 0.252 e. The molecule has 0 bridgehead atoms. The maximum absolute atomic E-state index is 6.87. The summed E-state index contributed by atoms with van der Waals surface area (Å²) < 4.78 is 20.2. The molecule has 13 rings (SSSR count). The van der Waals surface area contributed by atoms with Crippen molar-refractivity contribution in [2.75, 3.05) is 9.80 Å². The van der Waals surface area contributed by atoms with Crippen LogP contribution >= 0.6 is 0 Å². The number of nitrogens with zero attached hydrogens (tertiary/aromatic N) is 2. The van der Waals surface area contributed by atoms with E-state index in [4.69, 9.17) is 13.3 Å². The van der Waals surface area contributed by atoms with Crippen molar-refractivity contribution < 1.29 is 13.3 Å². The van der Waals surface area contributed by atoms with E-state index in [-0.39, 0.29) is 6.71 Å². The summed E-state index contributed by atoms with van der Waals surface area (Å²) >= 11 is 0. The highest BCUT2D eigenvalue weighted by Crippen LogP contribution is 2.51. The van der Waals surface area contributed by atoms with E-state index >= 15 is 0 Å². The fraction of sp³-hybridized carbons (Fsp3) is 0. The molecule has 0 N–H and O–H groups in total. The summed E-state index contributed by atoms with van der Waals surface area (Å²) in [6.07, 6.45) is 0. The number of benzene rings is 8. The van der Waals surface area contributed by atoms with E-state index in [1.54, 1.807) is 0 Å². The van der Waals surface area contributed by atoms with Crippen molar-refractivity contribution in [3.05, 3.63) is 164 Å². The Bertz CT molecular complexity index is 3300. The van der Waals surface area contributed by atoms with Crippen LogP contribution in [0.4, 0.5) is 34.1 Å². The summed E-state index contributed by atoms with van der Waals surface area (Å²) in [5.74, 6) is 0. The lowest BCUT2D eigenvalue weighted by molar-refractivity contribution is 0.656. The SMILES string of the molecule is c1ccc2c(c1)B1c3ccccc3N(c3cccc4oc5ccccc5c34)c3cccc(c31)N2c1c2oc3ccccc3c2cc2c1oc1ccccc12. The average Bonchev–Trinajstić information content (AvgIpc) is 3.92. The minimum Gasteiger partial charge on any atom is -0.456 e. The van der Waals surface area contributed by atoms with Crippen molar-refractivity contribution in [1.82, 2.24) is 0 Å². The molecule has 5 nitrogen and oxygen atoms in total. The molecule has 11 aromatic rings. The third-order valence-electron chi connectivity index (χ3n) is 11.6. The first-order valence-corrected chi connectivity index (χ1v) is 18.4. The van der Waals surface area contributed by atoms with Crippen molar-refractivity contribution in [2.45, 2.75) is 0 Å². The van der Waals surface area contributed by atoms with Gasteiger partial charge < -0.3 is 23.1 Å². The highest BCUT2D eigenvalue weighted by Gasteiger charge is 2.44. The lowest BCUT2D eigenvalue weighted by atomic mass is 9.33. The van der Waals surface area contributed by atoms with E-state index in [9.17, 15) is 0 Å². The van der Waals surface area contributed by atoms with Gasteiger partial charge in [0.05, 0.1) is 11.1 Å². The lowest BCUT2D eigenvalue weighted by Crippen LogP contribution is -2.61. The Hall–Kier alpha value is -7.18. The van der Waals surface area contributed by atoms with E-state index in [1.165, 1.54) is 16.4 Å². The maximum Gasteiger partial charge on any atom is 0.252 e. The molecule has 0 amide bonds. The van der Waals surface area contributed by atoms with Gasteiger partial charge in [0, 0.05) is 49.7 Å². The summed E-state index contributed by atoms with van der Waals surface area (Å²) in [5.41, 5.74) is 15.3. The Morgan fingerprint density at radius 2 is 0.815 bits per heavy atom. The van der Waals surface area contributed by atoms with Crippen LogP contribution in [0.5, 0.6) is 0 Å². The van der Waals surface area contributed by atoms with Crippen LogP contribution in [-0.4, -0.2) is 6.71 Å². The van der Waals surface area contributed by atoms with Gasteiger partial charge in [-0.25, -0.2) is 0 Å². The average molecular weight is 691 g/mol. The molecule has 8 aromatic carbocycles. The number of furan rings is 3. The monoisotopic (exact) mass is 690 g/mol. The van der Waals surface area contributed by atoms with Crippen molar-refractivity contribution in [3.63, 3.8) is 0 Å². The molecule has 2 aliphatic heterocycles. The number of para-hydroxylation sites is 5. The van der Waals surface area contributed by atoms with E-state index < -0.39 is 0 Å². The second kappa shape index (κ2) is 10.2. The Morgan fingerprint density at radius 1 is 0.352 bits per heavy atom. The van der Waals surface area contributed by atoms with E-state index in [2.05, 4.69) is 155 Å². The van der Waals surface area contributed by atoms with Crippen molar-refractivity contribution in [1.29, 1.82) is 0 Å². The molecule has 0 fully saturated rings. The molecule has 250 valence electrons. The van der Waals surface area contributed by atoms with Gasteiger partial charge in [0.15, 0.2) is 11.2 Å². The molecular formula is C48H27BN2O3. The standard InChI is InChI=1S/C48H27BN2O3/c1-8-23-40-28(13-1)31-27-32-29-14-2-9-24-41(29)54-48(32)46(47(31)53-40)51-36-19-7-5-17-34(36)49-33-16-4-6-18-35(33)50(38-21-11-22-39(51)45(38)49)37-20-12-26-43-44(37)30-15-3-10-25-42(30)52-43/h1-27H. The van der Waals surface area contributed by atoms with Crippen LogP contribution in [-0.2, 0) is 0 Å². The third-order valence-corrected chi connectivity index (χ3v) is 11.6. The first-order chi connectivity index (χ1) is 26.8. The van der Waals surface area contributed by atoms with Crippen molar-refractivity contribution in [2.24, 2.45) is 0 Å². The van der Waals surface area contributed by atoms with Gasteiger partial charge in [0.1, 0.15) is 28.0 Å². The molecule has 5 heterocycles. The molecule has 0 aliphatic carbocycles. The summed E-state index contributed by atoms with van der Waals surface area (Å²) in [6.45, 7) is -0.00237. The Balaban J connectivity index is 1.17. The molecule has 0 saturated heterocycles. The van der Waals surface area contributed by atoms with Gasteiger partial charge in [-0.15, -0.1) is 0 Å². The van der Waals surface area contributed by atoms with Gasteiger partial charge in [-0.2, -0.15) is 0 Å². The Kier molecular flexibility index (Phi) is 5.39. The van der Waals surface area contributed by atoms with Crippen LogP contribution in [0.15, 0.2) is 177 Å². The topological polar surface area (TPSA) is 45.9 Å². The molecule has 0 atom stereocenters. The molecule has 0 unspecified atom stereocenters. The number of fused-ring (bicyclic) bond motifs is 13. The van der Waals surface area contributed by atoms with Crippen LogP contribution in [0.25, 0.3) is 65.8 Å². The fourth-order valence-electron chi connectivity index (χ4n) is 9.50. The molecule has 2 aliphatic rings. The van der Waals surface area contributed by atoms with E-state index in [0.717, 1.165) is 99.9 Å². The number of hydrogen-bond acceptors (Lipinski definition) is 5. The number of hydrogen-bond donors (Lipinski definition) is 0. The van der Waals surface area contributed by atoms with Crippen molar-refractivity contribution in [3.8, 4) is 0 Å². The lowest BCUT2D eigenvalue weighted by Gasteiger charge is -2.44. The van der Waals surface area contributed by atoms with Crippen LogP contribution < -0.4 is 26.2 Å². The highest BCUT2D eigenvalue weighted by atomic mass is 16.3. The van der Waals surface area contributed by atoms with Gasteiger partial charge in [0.2, 0.25) is 0 Å². The van der Waals surface area contributed by atoms with Gasteiger partial charge >= 0.3 is 0 Å². The Labute approximate surface area is 308 Å². The minimum absolute atomic E-state index is 0.00237. The molecule has 0 radical (unpaired) electrons. The highest BCUT2D eigenvalue weighted by molar-refractivity contribution is 7.00. The van der Waals surface area contributed by atoms with Crippen LogP contribution in [0.2, 0.25) is 0 Å². The fourth-order valence-corrected chi connectivity index (χ4v) is 9.50. The predicted molar refractivity (Wildman–Crippen MR) is 222 cm³/mol. The largest absolute Gasteiger partial charge is 0.456 e. The maximum atomic E-state index is 6.87. The van der Waals surface area contributed by atoms with Gasteiger partial charge in [-0.3, -0.25) is 0 Å². The summed E-state index contributed by atoms with van der Waals surface area (Å²) in [4.78, 5) is 4.85. The molecule has 0 saturated carbocycles. The Morgan fingerprint density at radius 3 is 1.48 bits per heavy atom. The first kappa shape index (κ1) is 28.4. The van der Waals surface area contributed by atoms with Crippen LogP contribution in [0.3, 0.4) is 0 Å². The van der Waals surface area contributed by atoms with Gasteiger partial charge in [0.25, 0.3) is 6.71 Å². The number of anilines is 6. The quantitative estimate of drug-likeness (QED) is 0.169. The normalized spacial score (nSPS) is 13.4. The van der Waals surface area contributed by atoms with Crippen LogP contribution in [0, 0.1) is 0 Å². The third kappa shape index (κ3) is 3.55. The second-order valence-electron chi connectivity index (χ2n) is 14.4.